The highest BCUT2D eigenvalue weighted by Gasteiger charge is 2.22. The van der Waals surface area contributed by atoms with Crippen LogP contribution in [0.1, 0.15) is 17.7 Å². The number of nitrogens with one attached hydrogen (secondary N) is 1. The maximum absolute atomic E-state index is 11.4. The van der Waals surface area contributed by atoms with E-state index >= 15 is 0 Å². The summed E-state index contributed by atoms with van der Waals surface area (Å²) in [6, 6.07) is 7.43. The van der Waals surface area contributed by atoms with E-state index in [4.69, 9.17) is 17.3 Å². The molecule has 0 aliphatic carbocycles. The number of rotatable bonds is 4. The summed E-state index contributed by atoms with van der Waals surface area (Å²) in [4.78, 5) is 11.4. The number of aromatic amines is 1. The number of halogens is 1. The molecule has 0 radical (unpaired) electrons. The van der Waals surface area contributed by atoms with E-state index in [0.717, 1.165) is 5.56 Å². The lowest BCUT2D eigenvalue weighted by Crippen LogP contribution is -2.23. The van der Waals surface area contributed by atoms with Crippen molar-refractivity contribution >= 4 is 23.4 Å². The van der Waals surface area contributed by atoms with Gasteiger partial charge in [0.15, 0.2) is 5.16 Å². The van der Waals surface area contributed by atoms with Crippen LogP contribution in [0.4, 0.5) is 0 Å². The van der Waals surface area contributed by atoms with Gasteiger partial charge in [0.1, 0.15) is 0 Å². The molecular weight excluding hydrogens is 284 g/mol. The molecule has 5 nitrogen and oxygen atoms in total. The molecule has 1 heterocycles. The molecule has 2 aromatic rings. The van der Waals surface area contributed by atoms with Crippen LogP contribution in [-0.2, 0) is 7.05 Å². The minimum atomic E-state index is -0.245. The van der Waals surface area contributed by atoms with E-state index in [9.17, 15) is 4.79 Å². The van der Waals surface area contributed by atoms with E-state index in [2.05, 4.69) is 10.2 Å². The fraction of sp³-hybridized carbons (Fsp3) is 0.333. The minimum absolute atomic E-state index is 0.0670. The van der Waals surface area contributed by atoms with Gasteiger partial charge in [-0.25, -0.2) is 9.89 Å². The van der Waals surface area contributed by atoms with Crippen LogP contribution in [0, 0.1) is 0 Å². The van der Waals surface area contributed by atoms with Crippen LogP contribution in [0.5, 0.6) is 0 Å². The Morgan fingerprint density at radius 2 is 2.16 bits per heavy atom. The molecule has 1 aromatic heterocycles. The molecule has 0 bridgehead atoms. The van der Waals surface area contributed by atoms with Gasteiger partial charge in [-0.15, -0.1) is 5.10 Å². The molecule has 0 fully saturated rings. The topological polar surface area (TPSA) is 76.7 Å². The third-order valence-electron chi connectivity index (χ3n) is 2.76. The molecule has 2 atom stereocenters. The smallest absolute Gasteiger partial charge is 0.327 e. The molecule has 0 amide bonds. The second kappa shape index (κ2) is 5.81. The standard InChI is InChI=1S/C12H15ClN4OS/c1-7(14)10(8-5-3-4-6-9(8)13)19-12-16-15-11(18)17(12)2/h3-7,10H,14H2,1-2H3,(H,15,18). The van der Waals surface area contributed by atoms with Gasteiger partial charge in [-0.1, -0.05) is 41.6 Å². The monoisotopic (exact) mass is 298 g/mol. The third-order valence-corrected chi connectivity index (χ3v) is 4.62. The first-order valence-corrected chi connectivity index (χ1v) is 7.04. The molecule has 0 spiro atoms. The first-order chi connectivity index (χ1) is 9.00. The Balaban J connectivity index is 2.35. The highest BCUT2D eigenvalue weighted by Crippen LogP contribution is 2.38. The average Bonchev–Trinajstić information content (AvgIpc) is 2.68. The van der Waals surface area contributed by atoms with Gasteiger partial charge in [0.25, 0.3) is 0 Å². The van der Waals surface area contributed by atoms with Crippen LogP contribution in [-0.4, -0.2) is 20.8 Å². The number of hydrogen-bond donors (Lipinski definition) is 2. The Hall–Kier alpha value is -1.24. The summed E-state index contributed by atoms with van der Waals surface area (Å²) in [5.41, 5.74) is 6.74. The normalized spacial score (nSPS) is 14.3. The molecular formula is C12H15ClN4OS. The van der Waals surface area contributed by atoms with Crippen molar-refractivity contribution in [2.75, 3.05) is 0 Å². The van der Waals surface area contributed by atoms with Gasteiger partial charge in [0, 0.05) is 18.1 Å². The lowest BCUT2D eigenvalue weighted by molar-refractivity contribution is 0.707. The van der Waals surface area contributed by atoms with Gasteiger partial charge < -0.3 is 5.73 Å². The number of nitrogens with zero attached hydrogens (tertiary/aromatic N) is 2. The molecule has 3 N–H and O–H groups in total. The fourth-order valence-electron chi connectivity index (χ4n) is 1.71. The Morgan fingerprint density at radius 1 is 1.47 bits per heavy atom. The maximum Gasteiger partial charge on any atom is 0.343 e. The second-order valence-electron chi connectivity index (χ2n) is 4.29. The molecule has 102 valence electrons. The van der Waals surface area contributed by atoms with E-state index in [1.165, 1.54) is 16.3 Å². The summed E-state index contributed by atoms with van der Waals surface area (Å²) in [7, 11) is 1.67. The zero-order chi connectivity index (χ0) is 14.0. The summed E-state index contributed by atoms with van der Waals surface area (Å²) in [5, 5.41) is 7.58. The third kappa shape index (κ3) is 3.02. The Bertz CT molecular complexity index is 622. The van der Waals surface area contributed by atoms with Crippen LogP contribution in [0.2, 0.25) is 5.02 Å². The van der Waals surface area contributed by atoms with Crippen LogP contribution in [0.3, 0.4) is 0 Å². The van der Waals surface area contributed by atoms with Crippen molar-refractivity contribution < 1.29 is 0 Å². The number of thioether (sulfide) groups is 1. The molecule has 1 aromatic carbocycles. The van der Waals surface area contributed by atoms with Crippen molar-refractivity contribution in [3.05, 3.63) is 45.3 Å². The zero-order valence-corrected chi connectivity index (χ0v) is 12.2. The number of benzene rings is 1. The zero-order valence-electron chi connectivity index (χ0n) is 10.6. The van der Waals surface area contributed by atoms with E-state index in [1.807, 2.05) is 31.2 Å². The van der Waals surface area contributed by atoms with Crippen molar-refractivity contribution in [2.24, 2.45) is 12.8 Å². The maximum atomic E-state index is 11.4. The van der Waals surface area contributed by atoms with Gasteiger partial charge >= 0.3 is 5.69 Å². The van der Waals surface area contributed by atoms with Crippen LogP contribution in [0.15, 0.2) is 34.2 Å². The van der Waals surface area contributed by atoms with E-state index < -0.39 is 0 Å². The highest BCUT2D eigenvalue weighted by molar-refractivity contribution is 7.99. The average molecular weight is 299 g/mol. The summed E-state index contributed by atoms with van der Waals surface area (Å²) < 4.78 is 1.46. The van der Waals surface area contributed by atoms with Crippen molar-refractivity contribution in [2.45, 2.75) is 23.4 Å². The first kappa shape index (κ1) is 14.2. The lowest BCUT2D eigenvalue weighted by atomic mass is 10.1. The van der Waals surface area contributed by atoms with Gasteiger partial charge in [0.2, 0.25) is 0 Å². The fourth-order valence-corrected chi connectivity index (χ4v) is 3.14. The molecule has 0 aliphatic rings. The van der Waals surface area contributed by atoms with Gasteiger partial charge in [0.05, 0.1) is 5.25 Å². The van der Waals surface area contributed by atoms with Crippen molar-refractivity contribution in [3.63, 3.8) is 0 Å². The van der Waals surface area contributed by atoms with Gasteiger partial charge in [-0.3, -0.25) is 4.57 Å². The number of nitrogens with two attached hydrogens (primary N) is 1. The van der Waals surface area contributed by atoms with Crippen LogP contribution < -0.4 is 11.4 Å². The molecule has 0 saturated carbocycles. The SMILES string of the molecule is CC(N)C(Sc1n[nH]c(=O)n1C)c1ccccc1Cl. The molecule has 0 saturated heterocycles. The summed E-state index contributed by atoms with van der Waals surface area (Å²) >= 11 is 7.63. The highest BCUT2D eigenvalue weighted by atomic mass is 35.5. The van der Waals surface area contributed by atoms with Crippen molar-refractivity contribution in [1.29, 1.82) is 0 Å². The molecule has 19 heavy (non-hydrogen) atoms. The van der Waals surface area contributed by atoms with Gasteiger partial charge in [-0.05, 0) is 18.6 Å². The lowest BCUT2D eigenvalue weighted by Gasteiger charge is -2.21. The minimum Gasteiger partial charge on any atom is -0.327 e. The van der Waals surface area contributed by atoms with Crippen LogP contribution >= 0.6 is 23.4 Å². The Kier molecular flexibility index (Phi) is 4.34. The predicted octanol–water partition coefficient (Wildman–Crippen LogP) is 1.94. The van der Waals surface area contributed by atoms with E-state index in [-0.39, 0.29) is 17.0 Å². The molecule has 7 heteroatoms. The van der Waals surface area contributed by atoms with Crippen molar-refractivity contribution in [1.82, 2.24) is 14.8 Å². The number of hydrogen-bond acceptors (Lipinski definition) is 4. The summed E-state index contributed by atoms with van der Waals surface area (Å²) in [5.74, 6) is 0. The van der Waals surface area contributed by atoms with E-state index in [1.54, 1.807) is 7.05 Å². The number of aromatic nitrogens is 3. The quantitative estimate of drug-likeness (QED) is 0.846. The first-order valence-electron chi connectivity index (χ1n) is 5.78. The van der Waals surface area contributed by atoms with Crippen LogP contribution in [0.25, 0.3) is 0 Å². The summed E-state index contributed by atoms with van der Waals surface area (Å²) in [6.07, 6.45) is 0. The van der Waals surface area contributed by atoms with Gasteiger partial charge in [-0.2, -0.15) is 0 Å². The van der Waals surface area contributed by atoms with E-state index in [0.29, 0.717) is 10.2 Å². The number of H-pyrrole nitrogens is 1. The summed E-state index contributed by atoms with van der Waals surface area (Å²) in [6.45, 7) is 1.91. The molecule has 2 rings (SSSR count). The Morgan fingerprint density at radius 3 is 2.68 bits per heavy atom. The Labute approximate surface area is 120 Å². The predicted molar refractivity (Wildman–Crippen MR) is 77.5 cm³/mol. The molecule has 0 aliphatic heterocycles. The second-order valence-corrected chi connectivity index (χ2v) is 5.81. The largest absolute Gasteiger partial charge is 0.343 e. The van der Waals surface area contributed by atoms with Crippen molar-refractivity contribution in [3.8, 4) is 0 Å². The molecule has 2 unspecified atom stereocenters.